The molecule has 0 spiro atoms. The van der Waals surface area contributed by atoms with Gasteiger partial charge < -0.3 is 25.8 Å². The Hall–Kier alpha value is -4.50. The predicted octanol–water partition coefficient (Wildman–Crippen LogP) is 4.47. The highest BCUT2D eigenvalue weighted by atomic mass is 35.5. The Morgan fingerprint density at radius 2 is 1.61 bits per heavy atom. The molecule has 10 nitrogen and oxygen atoms in total. The van der Waals surface area contributed by atoms with Gasteiger partial charge in [0.1, 0.15) is 23.7 Å². The number of carbonyl (C=O) groups excluding carboxylic acids is 4. The Morgan fingerprint density at radius 3 is 2.15 bits per heavy atom. The number of hydrogen-bond donors (Lipinski definition) is 4. The molecule has 0 aliphatic rings. The average Bonchev–Trinajstić information content (AvgIpc) is 3.42. The molecule has 0 radical (unpaired) electrons. The van der Waals surface area contributed by atoms with E-state index in [1.54, 1.807) is 0 Å². The Morgan fingerprint density at radius 1 is 0.935 bits per heavy atom. The molecule has 0 aliphatic carbocycles. The number of carbonyl (C=O) groups is 5. The van der Waals surface area contributed by atoms with Gasteiger partial charge in [-0.3, -0.25) is 19.2 Å². The number of rotatable bonds is 14. The molecule has 0 fully saturated rings. The summed E-state index contributed by atoms with van der Waals surface area (Å²) in [5.41, 5.74) is 0.303. The summed E-state index contributed by atoms with van der Waals surface area (Å²) in [7, 11) is 0. The van der Waals surface area contributed by atoms with Crippen LogP contribution in [0.2, 0.25) is 4.34 Å². The van der Waals surface area contributed by atoms with E-state index in [9.17, 15) is 41.5 Å². The van der Waals surface area contributed by atoms with Crippen LogP contribution < -0.4 is 20.7 Å². The van der Waals surface area contributed by atoms with Crippen LogP contribution in [0.5, 0.6) is 5.75 Å². The van der Waals surface area contributed by atoms with Gasteiger partial charge in [-0.2, -0.15) is 13.2 Å². The highest BCUT2D eigenvalue weighted by Gasteiger charge is 2.45. The van der Waals surface area contributed by atoms with Gasteiger partial charge in [0.05, 0.1) is 15.3 Å². The van der Waals surface area contributed by atoms with Gasteiger partial charge in [0, 0.05) is 6.42 Å². The van der Waals surface area contributed by atoms with E-state index in [0.29, 0.717) is 5.56 Å². The summed E-state index contributed by atoms with van der Waals surface area (Å²) < 4.78 is 59.3. The summed E-state index contributed by atoms with van der Waals surface area (Å²) >= 11 is 6.84. The van der Waals surface area contributed by atoms with Gasteiger partial charge in [-0.15, -0.1) is 11.3 Å². The molecule has 1 aromatic heterocycles. The van der Waals surface area contributed by atoms with E-state index in [-0.39, 0.29) is 26.9 Å². The zero-order valence-corrected chi connectivity index (χ0v) is 25.8. The molecule has 1 heterocycles. The summed E-state index contributed by atoms with van der Waals surface area (Å²) in [5.74, 6) is -7.91. The highest BCUT2D eigenvalue weighted by Crippen LogP contribution is 2.24. The molecule has 0 unspecified atom stereocenters. The van der Waals surface area contributed by atoms with Gasteiger partial charge in [0.25, 0.3) is 11.7 Å². The standard InChI is InChI=1S/C30H28ClF4N3O7S/c1-15(2)24(26(41)30(33,34)35)37-29(44)25(17-6-8-19(9-7-17)45-14-23(39)40)38-27(42)20(13-16-4-3-5-18(32)12-16)36-28(43)21-10-11-22(31)46-21/h3-12,15,20,24-25H,13-14H2,1-2H3,(H,36,43)(H,37,44)(H,38,42)(H,39,40)/t20-,24-,25-/m0/s1. The Labute approximate surface area is 269 Å². The lowest BCUT2D eigenvalue weighted by Crippen LogP contribution is -2.55. The third kappa shape index (κ3) is 10.3. The minimum atomic E-state index is -5.27. The van der Waals surface area contributed by atoms with Crippen molar-refractivity contribution < 1.29 is 51.4 Å². The Kier molecular flexibility index (Phi) is 12.3. The van der Waals surface area contributed by atoms with E-state index >= 15 is 0 Å². The van der Waals surface area contributed by atoms with Crippen molar-refractivity contribution in [2.24, 2.45) is 5.92 Å². The van der Waals surface area contributed by atoms with E-state index in [4.69, 9.17) is 21.4 Å². The van der Waals surface area contributed by atoms with E-state index in [1.165, 1.54) is 68.4 Å². The molecular weight excluding hydrogens is 658 g/mol. The normalized spacial score (nSPS) is 13.3. The zero-order valence-electron chi connectivity index (χ0n) is 24.2. The van der Waals surface area contributed by atoms with Crippen molar-refractivity contribution >= 4 is 52.4 Å². The molecule has 4 N–H and O–H groups in total. The first kappa shape index (κ1) is 36.0. The van der Waals surface area contributed by atoms with Gasteiger partial charge in [0.15, 0.2) is 6.61 Å². The number of nitrogens with one attached hydrogen (secondary N) is 3. The predicted molar refractivity (Wildman–Crippen MR) is 159 cm³/mol. The second-order valence-electron chi connectivity index (χ2n) is 10.2. The number of hydrogen-bond acceptors (Lipinski definition) is 7. The van der Waals surface area contributed by atoms with Crippen LogP contribution in [0.4, 0.5) is 17.6 Å². The topological polar surface area (TPSA) is 151 Å². The molecule has 246 valence electrons. The monoisotopic (exact) mass is 685 g/mol. The number of amides is 3. The SMILES string of the molecule is CC(C)[C@H](NC(=O)[C@@H](NC(=O)[C@H](Cc1cccc(F)c1)NC(=O)c1ccc(Cl)s1)c1ccc(OCC(=O)O)cc1)C(=O)C(F)(F)F. The van der Waals surface area contributed by atoms with Crippen LogP contribution in [0, 0.1) is 11.7 Å². The molecule has 0 bridgehead atoms. The fourth-order valence-corrected chi connectivity index (χ4v) is 5.11. The number of halogens is 5. The largest absolute Gasteiger partial charge is 0.482 e. The molecule has 3 amide bonds. The maximum atomic E-state index is 13.9. The molecular formula is C30H28ClF4N3O7S. The minimum absolute atomic E-state index is 0.0105. The Balaban J connectivity index is 1.97. The first-order chi connectivity index (χ1) is 21.5. The van der Waals surface area contributed by atoms with Crippen LogP contribution in [0.15, 0.2) is 60.7 Å². The van der Waals surface area contributed by atoms with Crippen molar-refractivity contribution in [3.8, 4) is 5.75 Å². The molecule has 3 rings (SSSR count). The van der Waals surface area contributed by atoms with Crippen molar-refractivity contribution in [3.63, 3.8) is 0 Å². The second kappa shape index (κ2) is 15.7. The summed E-state index contributed by atoms with van der Waals surface area (Å²) in [4.78, 5) is 63.2. The molecule has 0 aliphatic heterocycles. The third-order valence-corrected chi connectivity index (χ3v) is 7.63. The van der Waals surface area contributed by atoms with Crippen LogP contribution in [0.1, 0.15) is 40.7 Å². The van der Waals surface area contributed by atoms with Gasteiger partial charge >= 0.3 is 12.1 Å². The number of carboxylic acid groups (broad SMARTS) is 1. The summed E-state index contributed by atoms with van der Waals surface area (Å²) in [6.45, 7) is 1.89. The van der Waals surface area contributed by atoms with Crippen molar-refractivity contribution in [2.75, 3.05) is 6.61 Å². The van der Waals surface area contributed by atoms with Crippen LogP contribution in [0.25, 0.3) is 0 Å². The van der Waals surface area contributed by atoms with E-state index in [0.717, 1.165) is 17.4 Å². The minimum Gasteiger partial charge on any atom is -0.482 e. The molecule has 2 aromatic carbocycles. The van der Waals surface area contributed by atoms with Crippen molar-refractivity contribution in [2.45, 2.75) is 44.6 Å². The maximum Gasteiger partial charge on any atom is 0.452 e. The van der Waals surface area contributed by atoms with Crippen LogP contribution >= 0.6 is 22.9 Å². The summed E-state index contributed by atoms with van der Waals surface area (Å²) in [5, 5.41) is 15.8. The number of thiophene rings is 1. The van der Waals surface area contributed by atoms with E-state index < -0.39 is 72.1 Å². The van der Waals surface area contributed by atoms with Gasteiger partial charge in [-0.05, 0) is 53.4 Å². The number of carboxylic acids is 1. The van der Waals surface area contributed by atoms with Crippen molar-refractivity contribution in [1.82, 2.24) is 16.0 Å². The highest BCUT2D eigenvalue weighted by molar-refractivity contribution is 7.18. The summed E-state index contributed by atoms with van der Waals surface area (Å²) in [6.07, 6.45) is -5.53. The number of alkyl halides is 3. The van der Waals surface area contributed by atoms with E-state index in [2.05, 4.69) is 16.0 Å². The fourth-order valence-electron chi connectivity index (χ4n) is 4.17. The van der Waals surface area contributed by atoms with Crippen LogP contribution in [-0.4, -0.2) is 59.4 Å². The summed E-state index contributed by atoms with van der Waals surface area (Å²) in [6, 6.07) is 7.93. The number of ketones is 1. The van der Waals surface area contributed by atoms with Crippen molar-refractivity contribution in [3.05, 3.63) is 86.8 Å². The Bertz CT molecular complexity index is 1580. The lowest BCUT2D eigenvalue weighted by Gasteiger charge is -2.27. The molecule has 46 heavy (non-hydrogen) atoms. The van der Waals surface area contributed by atoms with E-state index in [1.807, 2.05) is 0 Å². The number of ether oxygens (including phenoxy) is 1. The fraction of sp³-hybridized carbons (Fsp3) is 0.300. The van der Waals surface area contributed by atoms with Crippen LogP contribution in [0.3, 0.4) is 0 Å². The number of aliphatic carboxylic acids is 1. The van der Waals surface area contributed by atoms with Gasteiger partial charge in [-0.1, -0.05) is 49.7 Å². The number of benzene rings is 2. The lowest BCUT2D eigenvalue weighted by molar-refractivity contribution is -0.175. The maximum absolute atomic E-state index is 13.9. The first-order valence-corrected chi connectivity index (χ1v) is 14.7. The molecule has 16 heteroatoms. The average molecular weight is 686 g/mol. The quantitative estimate of drug-likeness (QED) is 0.183. The smallest absolute Gasteiger partial charge is 0.452 e. The molecule has 0 saturated carbocycles. The molecule has 3 aromatic rings. The first-order valence-electron chi connectivity index (χ1n) is 13.5. The molecule has 0 saturated heterocycles. The third-order valence-electron chi connectivity index (χ3n) is 6.40. The second-order valence-corrected chi connectivity index (χ2v) is 12.0. The van der Waals surface area contributed by atoms with Crippen molar-refractivity contribution in [1.29, 1.82) is 0 Å². The van der Waals surface area contributed by atoms with Gasteiger partial charge in [0.2, 0.25) is 11.8 Å². The number of Topliss-reactive ketones (excluding diaryl/α,β-unsaturated/α-hetero) is 1. The van der Waals surface area contributed by atoms with Gasteiger partial charge in [-0.25, -0.2) is 9.18 Å². The lowest BCUT2D eigenvalue weighted by atomic mass is 9.97. The van der Waals surface area contributed by atoms with Crippen LogP contribution in [-0.2, 0) is 25.6 Å². The molecule has 3 atom stereocenters. The zero-order chi connectivity index (χ0) is 34.2.